The first-order chi connectivity index (χ1) is 19.4. The number of benzene rings is 1. The van der Waals surface area contributed by atoms with Crippen molar-refractivity contribution >= 4 is 46.4 Å². The van der Waals surface area contributed by atoms with Crippen LogP contribution < -0.4 is 10.2 Å². The van der Waals surface area contributed by atoms with Gasteiger partial charge in [-0.3, -0.25) is 0 Å². The van der Waals surface area contributed by atoms with Crippen LogP contribution in [0.4, 0.5) is 37.4 Å². The molecule has 0 unspecified atom stereocenters. The summed E-state index contributed by atoms with van der Waals surface area (Å²) in [7, 11) is 0. The Morgan fingerprint density at radius 1 is 1.05 bits per heavy atom. The molecule has 8 nitrogen and oxygen atoms in total. The summed E-state index contributed by atoms with van der Waals surface area (Å²) in [6, 6.07) is 4.45. The van der Waals surface area contributed by atoms with Crippen LogP contribution in [0.3, 0.4) is 0 Å². The highest BCUT2D eigenvalue weighted by Gasteiger charge is 2.37. The van der Waals surface area contributed by atoms with E-state index in [0.717, 1.165) is 36.9 Å². The number of rotatable bonds is 5. The SMILES string of the molecule is C/C=N/SC.Cc1nsc(N2CCC(Nc3nc4c(-c5cc(C(F)(F)F)cc(C(F)(F)F)c5)cccn4n3)CC2)n1. The molecule has 0 amide bonds. The molecule has 16 heteroatoms. The minimum atomic E-state index is -4.94. The number of alkyl halides is 6. The molecule has 0 saturated carbocycles. The molecule has 1 aromatic carbocycles. The van der Waals surface area contributed by atoms with Crippen LogP contribution in [0, 0.1) is 6.92 Å². The topological polar surface area (TPSA) is 83.6 Å². The van der Waals surface area contributed by atoms with E-state index in [9.17, 15) is 26.3 Å². The van der Waals surface area contributed by atoms with Crippen molar-refractivity contribution in [1.29, 1.82) is 0 Å². The molecule has 220 valence electrons. The number of nitrogens with zero attached hydrogens (tertiary/aromatic N) is 7. The highest BCUT2D eigenvalue weighted by Crippen LogP contribution is 2.39. The first-order valence-corrected chi connectivity index (χ1v) is 14.3. The average molecular weight is 617 g/mol. The molecule has 0 bridgehead atoms. The van der Waals surface area contributed by atoms with E-state index < -0.39 is 23.5 Å². The zero-order valence-electron chi connectivity index (χ0n) is 22.2. The van der Waals surface area contributed by atoms with Gasteiger partial charge in [-0.2, -0.15) is 35.7 Å². The van der Waals surface area contributed by atoms with E-state index in [1.54, 1.807) is 6.21 Å². The number of halogens is 6. The lowest BCUT2D eigenvalue weighted by Gasteiger charge is -2.31. The van der Waals surface area contributed by atoms with Gasteiger partial charge in [0.25, 0.3) is 0 Å². The van der Waals surface area contributed by atoms with Gasteiger partial charge in [0.15, 0.2) is 5.65 Å². The summed E-state index contributed by atoms with van der Waals surface area (Å²) in [5.74, 6) is 0.971. The second-order valence-corrected chi connectivity index (χ2v) is 10.3. The number of pyridine rings is 1. The standard InChI is InChI=1S/C22H19F6N7S.C3H7NS/c1-12-29-20(36-33-12)34-7-4-16(5-8-34)30-19-31-18-17(3-2-6-35(18)32-19)13-9-14(21(23,24)25)11-15(10-13)22(26,27)28;1-3-4-5-2/h2-3,6,9-11,16H,4-5,7-8H2,1H3,(H,30,32);3H,1-2H3/b;4-3+. The molecule has 0 atom stereocenters. The molecule has 3 aromatic heterocycles. The molecule has 0 spiro atoms. The fraction of sp³-hybridized carbons (Fsp3) is 0.400. The molecular formula is C25H26F6N8S2. The predicted octanol–water partition coefficient (Wildman–Crippen LogP) is 7.03. The molecule has 1 saturated heterocycles. The summed E-state index contributed by atoms with van der Waals surface area (Å²) in [4.78, 5) is 10.9. The van der Waals surface area contributed by atoms with Gasteiger partial charge in [-0.25, -0.2) is 13.9 Å². The number of hydrogen-bond acceptors (Lipinski definition) is 9. The van der Waals surface area contributed by atoms with Crippen molar-refractivity contribution in [2.24, 2.45) is 4.40 Å². The van der Waals surface area contributed by atoms with E-state index >= 15 is 0 Å². The zero-order valence-corrected chi connectivity index (χ0v) is 23.8. The maximum absolute atomic E-state index is 13.3. The molecule has 4 heterocycles. The number of fused-ring (bicyclic) bond motifs is 1. The van der Waals surface area contributed by atoms with Crippen LogP contribution in [-0.2, 0) is 12.4 Å². The predicted molar refractivity (Wildman–Crippen MR) is 150 cm³/mol. The third-order valence-electron chi connectivity index (χ3n) is 6.09. The Kier molecular flexibility index (Phi) is 9.41. The fourth-order valence-corrected chi connectivity index (χ4v) is 5.16. The van der Waals surface area contributed by atoms with Gasteiger partial charge in [-0.15, -0.1) is 5.10 Å². The van der Waals surface area contributed by atoms with Crippen LogP contribution >= 0.6 is 23.5 Å². The van der Waals surface area contributed by atoms with Gasteiger partial charge < -0.3 is 10.2 Å². The molecule has 0 aliphatic carbocycles. The first kappa shape index (κ1) is 30.6. The van der Waals surface area contributed by atoms with Crippen LogP contribution in [0.1, 0.15) is 36.7 Å². The molecule has 1 aliphatic rings. The van der Waals surface area contributed by atoms with Crippen molar-refractivity contribution in [2.75, 3.05) is 29.6 Å². The Labute approximate surface area is 240 Å². The van der Waals surface area contributed by atoms with Crippen molar-refractivity contribution in [3.63, 3.8) is 0 Å². The molecule has 1 N–H and O–H groups in total. The summed E-state index contributed by atoms with van der Waals surface area (Å²) >= 11 is 2.82. The number of anilines is 2. The lowest BCUT2D eigenvalue weighted by Crippen LogP contribution is -2.39. The van der Waals surface area contributed by atoms with Crippen molar-refractivity contribution in [3.8, 4) is 11.1 Å². The third kappa shape index (κ3) is 7.67. The molecule has 1 fully saturated rings. The Hall–Kier alpha value is -3.40. The fourth-order valence-electron chi connectivity index (χ4n) is 4.22. The maximum Gasteiger partial charge on any atom is 0.416 e. The minimum absolute atomic E-state index is 0.0431. The number of hydrogen-bond donors (Lipinski definition) is 1. The zero-order chi connectivity index (χ0) is 29.8. The van der Waals surface area contributed by atoms with Gasteiger partial charge in [-0.1, -0.05) is 0 Å². The molecule has 1 aliphatic heterocycles. The highest BCUT2D eigenvalue weighted by molar-refractivity contribution is 7.97. The van der Waals surface area contributed by atoms with Crippen LogP contribution in [0.15, 0.2) is 40.9 Å². The lowest BCUT2D eigenvalue weighted by atomic mass is 10.00. The van der Waals surface area contributed by atoms with E-state index in [1.807, 2.05) is 20.1 Å². The Morgan fingerprint density at radius 3 is 2.22 bits per heavy atom. The van der Waals surface area contributed by atoms with E-state index in [2.05, 4.69) is 34.1 Å². The second kappa shape index (κ2) is 12.6. The summed E-state index contributed by atoms with van der Waals surface area (Å²) in [6.45, 7) is 5.22. The van der Waals surface area contributed by atoms with E-state index in [1.165, 1.54) is 46.3 Å². The smallest absolute Gasteiger partial charge is 0.350 e. The molecular weight excluding hydrogens is 590 g/mol. The minimum Gasteiger partial charge on any atom is -0.350 e. The monoisotopic (exact) mass is 616 g/mol. The van der Waals surface area contributed by atoms with Gasteiger partial charge in [0.2, 0.25) is 11.1 Å². The largest absolute Gasteiger partial charge is 0.416 e. The average Bonchev–Trinajstić information content (AvgIpc) is 3.54. The quantitative estimate of drug-likeness (QED) is 0.146. The van der Waals surface area contributed by atoms with Crippen LogP contribution in [0.2, 0.25) is 0 Å². The van der Waals surface area contributed by atoms with Gasteiger partial charge in [0.1, 0.15) is 5.82 Å². The second-order valence-electron chi connectivity index (χ2n) is 9.00. The molecule has 4 aromatic rings. The Balaban J connectivity index is 0.000000714. The summed E-state index contributed by atoms with van der Waals surface area (Å²) in [5.41, 5.74) is -2.76. The summed E-state index contributed by atoms with van der Waals surface area (Å²) < 4.78 is 89.4. The van der Waals surface area contributed by atoms with E-state index in [-0.39, 0.29) is 34.8 Å². The highest BCUT2D eigenvalue weighted by atomic mass is 32.2. The number of piperidine rings is 1. The van der Waals surface area contributed by atoms with Crippen molar-refractivity contribution < 1.29 is 26.3 Å². The van der Waals surface area contributed by atoms with Gasteiger partial charge in [-0.05, 0) is 74.5 Å². The van der Waals surface area contributed by atoms with Crippen LogP contribution in [-0.4, -0.2) is 55.6 Å². The summed E-state index contributed by atoms with van der Waals surface area (Å²) in [6.07, 6.45) is -3.11. The van der Waals surface area contributed by atoms with Crippen molar-refractivity contribution in [3.05, 3.63) is 53.5 Å². The van der Waals surface area contributed by atoms with Gasteiger partial charge in [0.05, 0.1) is 11.1 Å². The van der Waals surface area contributed by atoms with E-state index in [0.29, 0.717) is 12.1 Å². The molecule has 41 heavy (non-hydrogen) atoms. The molecule has 0 radical (unpaired) electrons. The summed E-state index contributed by atoms with van der Waals surface area (Å²) in [5, 5.41) is 8.43. The van der Waals surface area contributed by atoms with Crippen LogP contribution in [0.25, 0.3) is 16.8 Å². The molecule has 5 rings (SSSR count). The van der Waals surface area contributed by atoms with Gasteiger partial charge >= 0.3 is 12.4 Å². The number of aromatic nitrogens is 5. The third-order valence-corrected chi connectivity index (χ3v) is 7.38. The number of nitrogens with one attached hydrogen (secondary N) is 1. The Bertz CT molecular complexity index is 1460. The first-order valence-electron chi connectivity index (χ1n) is 12.4. The van der Waals surface area contributed by atoms with Crippen molar-refractivity contribution in [1.82, 2.24) is 24.0 Å². The van der Waals surface area contributed by atoms with Crippen LogP contribution in [0.5, 0.6) is 0 Å². The number of aryl methyl sites for hydroxylation is 1. The Morgan fingerprint density at radius 2 is 1.71 bits per heavy atom. The van der Waals surface area contributed by atoms with Gasteiger partial charge in [0, 0.05) is 54.9 Å². The van der Waals surface area contributed by atoms with E-state index in [4.69, 9.17) is 0 Å². The maximum atomic E-state index is 13.3. The van der Waals surface area contributed by atoms with Crippen molar-refractivity contribution in [2.45, 2.75) is 45.1 Å². The normalized spacial score (nSPS) is 14.9. The lowest BCUT2D eigenvalue weighted by molar-refractivity contribution is -0.143.